The van der Waals surface area contributed by atoms with E-state index in [0.717, 1.165) is 50.1 Å². The molecule has 56 heavy (non-hydrogen) atoms. The maximum absolute atomic E-state index is 6.45. The number of para-hydroxylation sites is 2. The lowest BCUT2D eigenvalue weighted by Crippen LogP contribution is -2.10. The van der Waals surface area contributed by atoms with Crippen molar-refractivity contribution < 1.29 is 4.42 Å². The SMILES string of the molecule is c1ccc(-c2c(-c3ccccc3)c3cc(N(c4ccc(-c5cccc6c5oc5ccccc56)cc4)c4ccc5ccccc5c4)ccc3c3ccccc23)cc1. The van der Waals surface area contributed by atoms with Gasteiger partial charge in [-0.05, 0) is 103 Å². The molecule has 0 saturated carbocycles. The van der Waals surface area contributed by atoms with E-state index in [9.17, 15) is 0 Å². The van der Waals surface area contributed by atoms with Gasteiger partial charge in [0.25, 0.3) is 0 Å². The average molecular weight is 714 g/mol. The summed E-state index contributed by atoms with van der Waals surface area (Å²) in [7, 11) is 0. The summed E-state index contributed by atoms with van der Waals surface area (Å²) in [6.07, 6.45) is 0. The van der Waals surface area contributed by atoms with Gasteiger partial charge in [-0.3, -0.25) is 0 Å². The Balaban J connectivity index is 1.15. The molecule has 262 valence electrons. The molecule has 11 aromatic rings. The first-order valence-electron chi connectivity index (χ1n) is 19.2. The molecule has 0 unspecified atom stereocenters. The fraction of sp³-hybridized carbons (Fsp3) is 0. The number of nitrogens with zero attached hydrogens (tertiary/aromatic N) is 1. The molecule has 0 atom stereocenters. The van der Waals surface area contributed by atoms with E-state index in [4.69, 9.17) is 4.42 Å². The molecule has 0 fully saturated rings. The van der Waals surface area contributed by atoms with Crippen LogP contribution in [-0.2, 0) is 0 Å². The lowest BCUT2D eigenvalue weighted by molar-refractivity contribution is 0.670. The van der Waals surface area contributed by atoms with Crippen molar-refractivity contribution in [1.82, 2.24) is 0 Å². The molecule has 2 heteroatoms. The highest BCUT2D eigenvalue weighted by molar-refractivity contribution is 6.22. The minimum Gasteiger partial charge on any atom is -0.455 e. The van der Waals surface area contributed by atoms with Gasteiger partial charge in [-0.25, -0.2) is 0 Å². The lowest BCUT2D eigenvalue weighted by atomic mass is 9.85. The van der Waals surface area contributed by atoms with Gasteiger partial charge in [0.1, 0.15) is 11.2 Å². The van der Waals surface area contributed by atoms with Gasteiger partial charge in [0.2, 0.25) is 0 Å². The predicted molar refractivity (Wildman–Crippen MR) is 237 cm³/mol. The second kappa shape index (κ2) is 13.2. The molecule has 0 bridgehead atoms. The number of furan rings is 1. The van der Waals surface area contributed by atoms with E-state index in [1.165, 1.54) is 54.6 Å². The van der Waals surface area contributed by atoms with Gasteiger partial charge >= 0.3 is 0 Å². The zero-order chi connectivity index (χ0) is 37.0. The fourth-order valence-corrected chi connectivity index (χ4v) is 8.66. The summed E-state index contributed by atoms with van der Waals surface area (Å²) < 4.78 is 6.45. The van der Waals surface area contributed by atoms with Crippen molar-refractivity contribution in [3.05, 3.63) is 212 Å². The van der Waals surface area contributed by atoms with E-state index in [0.29, 0.717) is 0 Å². The van der Waals surface area contributed by atoms with Crippen LogP contribution in [0.4, 0.5) is 17.1 Å². The first-order chi connectivity index (χ1) is 27.8. The minimum atomic E-state index is 0.906. The van der Waals surface area contributed by atoms with Gasteiger partial charge in [0, 0.05) is 33.4 Å². The molecule has 0 amide bonds. The van der Waals surface area contributed by atoms with Crippen LogP contribution in [0.2, 0.25) is 0 Å². The summed E-state index contributed by atoms with van der Waals surface area (Å²) >= 11 is 0. The third kappa shape index (κ3) is 5.26. The van der Waals surface area contributed by atoms with Crippen LogP contribution >= 0.6 is 0 Å². The maximum Gasteiger partial charge on any atom is 0.143 e. The Morgan fingerprint density at radius 1 is 0.304 bits per heavy atom. The molecular formula is C54H35NO. The molecule has 1 heterocycles. The largest absolute Gasteiger partial charge is 0.455 e. The Hall–Kier alpha value is -7.42. The van der Waals surface area contributed by atoms with E-state index < -0.39 is 0 Å². The van der Waals surface area contributed by atoms with Gasteiger partial charge in [-0.2, -0.15) is 0 Å². The summed E-state index contributed by atoms with van der Waals surface area (Å²) in [6.45, 7) is 0. The van der Waals surface area contributed by atoms with Gasteiger partial charge in [0.15, 0.2) is 0 Å². The van der Waals surface area contributed by atoms with Gasteiger partial charge in [0.05, 0.1) is 0 Å². The second-order valence-corrected chi connectivity index (χ2v) is 14.5. The highest BCUT2D eigenvalue weighted by Crippen LogP contribution is 2.47. The molecule has 1 aromatic heterocycles. The standard InChI is InChI=1S/C54H35NO/c1-3-15-38(16-4-1)52-48-22-10-9-20-45(48)46-33-32-43(35-50(46)53(52)39-17-5-2-6-18-39)55(42-31-26-36-14-7-8-19-40(36)34-42)41-29-27-37(28-30-41)44-23-13-24-49-47-21-11-12-25-51(47)56-54(44)49/h1-35H. The van der Waals surface area contributed by atoms with Crippen LogP contribution in [0.25, 0.3) is 87.6 Å². The number of hydrogen-bond acceptors (Lipinski definition) is 2. The molecule has 10 aromatic carbocycles. The summed E-state index contributed by atoms with van der Waals surface area (Å²) in [6, 6.07) is 76.5. The van der Waals surface area contributed by atoms with Crippen LogP contribution in [0, 0.1) is 0 Å². The van der Waals surface area contributed by atoms with Gasteiger partial charge in [-0.1, -0.05) is 170 Å². The van der Waals surface area contributed by atoms with Crippen molar-refractivity contribution in [2.24, 2.45) is 0 Å². The van der Waals surface area contributed by atoms with Crippen LogP contribution in [0.3, 0.4) is 0 Å². The molecule has 2 nitrogen and oxygen atoms in total. The van der Waals surface area contributed by atoms with Gasteiger partial charge in [-0.15, -0.1) is 0 Å². The highest BCUT2D eigenvalue weighted by Gasteiger charge is 2.21. The number of rotatable bonds is 6. The Kier molecular flexibility index (Phi) is 7.53. The van der Waals surface area contributed by atoms with E-state index >= 15 is 0 Å². The van der Waals surface area contributed by atoms with Crippen LogP contribution < -0.4 is 4.90 Å². The molecule has 0 aliphatic carbocycles. The Bertz CT molecular complexity index is 3230. The Morgan fingerprint density at radius 2 is 0.857 bits per heavy atom. The third-order valence-corrected chi connectivity index (χ3v) is 11.2. The van der Waals surface area contributed by atoms with Crippen LogP contribution in [0.5, 0.6) is 0 Å². The van der Waals surface area contributed by atoms with E-state index in [2.05, 4.69) is 205 Å². The first-order valence-corrected chi connectivity index (χ1v) is 19.2. The normalized spacial score (nSPS) is 11.6. The number of hydrogen-bond donors (Lipinski definition) is 0. The summed E-state index contributed by atoms with van der Waals surface area (Å²) in [5.74, 6) is 0. The van der Waals surface area contributed by atoms with Crippen LogP contribution in [-0.4, -0.2) is 0 Å². The van der Waals surface area contributed by atoms with Gasteiger partial charge < -0.3 is 9.32 Å². The van der Waals surface area contributed by atoms with Crippen molar-refractivity contribution in [2.45, 2.75) is 0 Å². The number of anilines is 3. The van der Waals surface area contributed by atoms with E-state index in [1.54, 1.807) is 0 Å². The Morgan fingerprint density at radius 3 is 1.62 bits per heavy atom. The van der Waals surface area contributed by atoms with Crippen molar-refractivity contribution in [1.29, 1.82) is 0 Å². The molecule has 0 radical (unpaired) electrons. The topological polar surface area (TPSA) is 16.4 Å². The Labute approximate surface area is 325 Å². The summed E-state index contributed by atoms with van der Waals surface area (Å²) in [5.41, 5.74) is 12.2. The van der Waals surface area contributed by atoms with Crippen molar-refractivity contribution >= 4 is 71.3 Å². The number of benzene rings is 10. The molecule has 0 aliphatic rings. The molecular weight excluding hydrogens is 679 g/mol. The van der Waals surface area contributed by atoms with Crippen molar-refractivity contribution in [3.8, 4) is 33.4 Å². The van der Waals surface area contributed by atoms with E-state index in [-0.39, 0.29) is 0 Å². The number of fused-ring (bicyclic) bond motifs is 7. The second-order valence-electron chi connectivity index (χ2n) is 14.5. The fourth-order valence-electron chi connectivity index (χ4n) is 8.66. The van der Waals surface area contributed by atoms with Crippen LogP contribution in [0.15, 0.2) is 217 Å². The zero-order valence-corrected chi connectivity index (χ0v) is 30.6. The molecule has 0 aliphatic heterocycles. The third-order valence-electron chi connectivity index (χ3n) is 11.2. The van der Waals surface area contributed by atoms with Crippen molar-refractivity contribution in [3.63, 3.8) is 0 Å². The zero-order valence-electron chi connectivity index (χ0n) is 30.6. The smallest absolute Gasteiger partial charge is 0.143 e. The maximum atomic E-state index is 6.45. The predicted octanol–water partition coefficient (Wildman–Crippen LogP) is 15.5. The highest BCUT2D eigenvalue weighted by atomic mass is 16.3. The minimum absolute atomic E-state index is 0.906. The lowest BCUT2D eigenvalue weighted by Gasteiger charge is -2.27. The van der Waals surface area contributed by atoms with Crippen LogP contribution in [0.1, 0.15) is 0 Å². The molecule has 0 saturated heterocycles. The van der Waals surface area contributed by atoms with Crippen molar-refractivity contribution in [2.75, 3.05) is 4.90 Å². The summed E-state index contributed by atoms with van der Waals surface area (Å²) in [5, 5.41) is 9.63. The monoisotopic (exact) mass is 713 g/mol. The molecule has 0 N–H and O–H groups in total. The first kappa shape index (κ1) is 32.0. The summed E-state index contributed by atoms with van der Waals surface area (Å²) in [4.78, 5) is 2.39. The molecule has 0 spiro atoms. The average Bonchev–Trinajstić information content (AvgIpc) is 3.66. The van der Waals surface area contributed by atoms with E-state index in [1.807, 2.05) is 12.1 Å². The molecule has 11 rings (SSSR count). The quantitative estimate of drug-likeness (QED) is 0.160.